The zero-order valence-electron chi connectivity index (χ0n) is 12.7. The zero-order valence-corrected chi connectivity index (χ0v) is 12.7. The minimum atomic E-state index is 0.628. The smallest absolute Gasteiger partial charge is 0.123 e. The number of benzene rings is 1. The molecule has 1 fully saturated rings. The Morgan fingerprint density at radius 3 is 2.64 bits per heavy atom. The van der Waals surface area contributed by atoms with Crippen LogP contribution in [0.3, 0.4) is 0 Å². The number of aromatic nitrogens is 1. The molecule has 0 radical (unpaired) electrons. The second kappa shape index (κ2) is 6.59. The van der Waals surface area contributed by atoms with Gasteiger partial charge in [-0.1, -0.05) is 0 Å². The van der Waals surface area contributed by atoms with Crippen molar-refractivity contribution in [2.75, 3.05) is 7.11 Å². The number of methoxy groups -OCH3 is 1. The highest BCUT2D eigenvalue weighted by atomic mass is 16.5. The molecule has 1 aromatic carbocycles. The molecule has 1 aliphatic rings. The Labute approximate surface area is 131 Å². The van der Waals surface area contributed by atoms with Gasteiger partial charge in [0.05, 0.1) is 18.7 Å². The van der Waals surface area contributed by atoms with Gasteiger partial charge in [0, 0.05) is 37.1 Å². The molecular weight excluding hydrogens is 274 g/mol. The molecule has 0 bridgehead atoms. The van der Waals surface area contributed by atoms with Crippen LogP contribution in [0.2, 0.25) is 0 Å². The first-order valence-corrected chi connectivity index (χ1v) is 7.50. The number of hydrogen-bond donors (Lipinski definition) is 0. The molecular formula is C18H19N3O. The summed E-state index contributed by atoms with van der Waals surface area (Å²) in [4.78, 5) is 6.53. The number of rotatable bonds is 6. The van der Waals surface area contributed by atoms with Crippen molar-refractivity contribution < 1.29 is 4.74 Å². The average Bonchev–Trinajstić information content (AvgIpc) is 3.40. The first-order chi connectivity index (χ1) is 10.8. The topological polar surface area (TPSA) is 49.1 Å². The molecule has 4 nitrogen and oxygen atoms in total. The van der Waals surface area contributed by atoms with Crippen molar-refractivity contribution in [3.8, 4) is 11.8 Å². The predicted molar refractivity (Wildman–Crippen MR) is 84.2 cm³/mol. The Bertz CT molecular complexity index is 674. The standard InChI is InChI=1S/C18H19N3O/c1-22-18-5-2-15(11-19)10-16(18)13-21(17-3-4-17)12-14-6-8-20-9-7-14/h2,5-10,17H,3-4,12-13H2,1H3. The van der Waals surface area contributed by atoms with E-state index < -0.39 is 0 Å². The maximum atomic E-state index is 9.11. The first kappa shape index (κ1) is 14.6. The number of pyridine rings is 1. The van der Waals surface area contributed by atoms with E-state index in [1.165, 1.54) is 18.4 Å². The Hall–Kier alpha value is -2.38. The average molecular weight is 293 g/mol. The van der Waals surface area contributed by atoms with Crippen LogP contribution in [0.4, 0.5) is 0 Å². The van der Waals surface area contributed by atoms with Gasteiger partial charge in [-0.3, -0.25) is 9.88 Å². The van der Waals surface area contributed by atoms with Gasteiger partial charge in [0.2, 0.25) is 0 Å². The van der Waals surface area contributed by atoms with E-state index in [-0.39, 0.29) is 0 Å². The minimum Gasteiger partial charge on any atom is -0.496 e. The molecule has 0 atom stereocenters. The van der Waals surface area contributed by atoms with Crippen molar-refractivity contribution in [3.63, 3.8) is 0 Å². The lowest BCUT2D eigenvalue weighted by Gasteiger charge is -2.23. The molecule has 1 aliphatic carbocycles. The van der Waals surface area contributed by atoms with Gasteiger partial charge in [-0.15, -0.1) is 0 Å². The van der Waals surface area contributed by atoms with Crippen LogP contribution in [0.15, 0.2) is 42.7 Å². The highest BCUT2D eigenvalue weighted by Gasteiger charge is 2.29. The van der Waals surface area contributed by atoms with E-state index in [4.69, 9.17) is 10.00 Å². The third-order valence-corrected chi connectivity index (χ3v) is 3.98. The fraction of sp³-hybridized carbons (Fsp3) is 0.333. The lowest BCUT2D eigenvalue weighted by atomic mass is 10.1. The summed E-state index contributed by atoms with van der Waals surface area (Å²) in [7, 11) is 1.68. The molecule has 0 amide bonds. The SMILES string of the molecule is COc1ccc(C#N)cc1CN(Cc1ccncc1)C1CC1. The maximum absolute atomic E-state index is 9.11. The first-order valence-electron chi connectivity index (χ1n) is 7.50. The molecule has 4 heteroatoms. The summed E-state index contributed by atoms with van der Waals surface area (Å²) in [5.41, 5.74) is 3.01. The number of nitriles is 1. The maximum Gasteiger partial charge on any atom is 0.123 e. The van der Waals surface area contributed by atoms with Crippen LogP contribution >= 0.6 is 0 Å². The molecule has 0 saturated heterocycles. The normalized spacial score (nSPS) is 13.9. The summed E-state index contributed by atoms with van der Waals surface area (Å²) < 4.78 is 5.45. The van der Waals surface area contributed by atoms with Gasteiger partial charge < -0.3 is 4.74 Å². The summed E-state index contributed by atoms with van der Waals surface area (Å²) in [6.45, 7) is 1.69. The van der Waals surface area contributed by atoms with Gasteiger partial charge in [-0.25, -0.2) is 0 Å². The molecule has 2 aromatic rings. The summed E-state index contributed by atoms with van der Waals surface area (Å²) in [6.07, 6.45) is 6.14. The highest BCUT2D eigenvalue weighted by Crippen LogP contribution is 2.32. The Morgan fingerprint density at radius 2 is 2.00 bits per heavy atom. The third-order valence-electron chi connectivity index (χ3n) is 3.98. The van der Waals surface area contributed by atoms with Gasteiger partial charge >= 0.3 is 0 Å². The fourth-order valence-corrected chi connectivity index (χ4v) is 2.67. The van der Waals surface area contributed by atoms with Crippen molar-refractivity contribution in [3.05, 3.63) is 59.4 Å². The van der Waals surface area contributed by atoms with Crippen LogP contribution in [0.1, 0.15) is 29.5 Å². The van der Waals surface area contributed by atoms with Crippen molar-refractivity contribution in [2.24, 2.45) is 0 Å². The molecule has 22 heavy (non-hydrogen) atoms. The molecule has 0 aliphatic heterocycles. The van der Waals surface area contributed by atoms with Crippen LogP contribution in [-0.2, 0) is 13.1 Å². The van der Waals surface area contributed by atoms with Crippen molar-refractivity contribution >= 4 is 0 Å². The monoisotopic (exact) mass is 293 g/mol. The van der Waals surface area contributed by atoms with Gasteiger partial charge in [0.1, 0.15) is 5.75 Å². The molecule has 0 spiro atoms. The lowest BCUT2D eigenvalue weighted by molar-refractivity contribution is 0.241. The van der Waals surface area contributed by atoms with Crippen LogP contribution in [-0.4, -0.2) is 23.0 Å². The number of hydrogen-bond acceptors (Lipinski definition) is 4. The fourth-order valence-electron chi connectivity index (χ4n) is 2.67. The van der Waals surface area contributed by atoms with Gasteiger partial charge in [0.25, 0.3) is 0 Å². The van der Waals surface area contributed by atoms with E-state index in [9.17, 15) is 0 Å². The minimum absolute atomic E-state index is 0.628. The molecule has 1 aromatic heterocycles. The molecule has 112 valence electrons. The van der Waals surface area contributed by atoms with E-state index in [0.29, 0.717) is 11.6 Å². The van der Waals surface area contributed by atoms with E-state index >= 15 is 0 Å². The summed E-state index contributed by atoms with van der Waals surface area (Å²) in [5.74, 6) is 0.847. The number of ether oxygens (including phenoxy) is 1. The van der Waals surface area contributed by atoms with Crippen LogP contribution in [0, 0.1) is 11.3 Å². The van der Waals surface area contributed by atoms with Crippen molar-refractivity contribution in [1.29, 1.82) is 5.26 Å². The Kier molecular flexibility index (Phi) is 4.36. The van der Waals surface area contributed by atoms with E-state index in [1.807, 2.05) is 24.5 Å². The van der Waals surface area contributed by atoms with E-state index in [2.05, 4.69) is 28.1 Å². The van der Waals surface area contributed by atoms with E-state index in [0.717, 1.165) is 24.4 Å². The quantitative estimate of drug-likeness (QED) is 0.821. The molecule has 1 heterocycles. The van der Waals surface area contributed by atoms with Crippen LogP contribution in [0.25, 0.3) is 0 Å². The third kappa shape index (κ3) is 3.44. The molecule has 1 saturated carbocycles. The van der Waals surface area contributed by atoms with Crippen molar-refractivity contribution in [2.45, 2.75) is 32.0 Å². The summed E-state index contributed by atoms with van der Waals surface area (Å²) >= 11 is 0. The van der Waals surface area contributed by atoms with Gasteiger partial charge in [-0.05, 0) is 48.7 Å². The molecule has 3 rings (SSSR count). The second-order valence-electron chi connectivity index (χ2n) is 5.63. The lowest BCUT2D eigenvalue weighted by Crippen LogP contribution is -2.25. The van der Waals surface area contributed by atoms with Crippen LogP contribution < -0.4 is 4.74 Å². The predicted octanol–water partition coefficient (Wildman–Crippen LogP) is 3.13. The molecule has 0 N–H and O–H groups in total. The zero-order chi connectivity index (χ0) is 15.4. The summed E-state index contributed by atoms with van der Waals surface area (Å²) in [6, 6.07) is 12.6. The second-order valence-corrected chi connectivity index (χ2v) is 5.63. The van der Waals surface area contributed by atoms with E-state index in [1.54, 1.807) is 13.2 Å². The summed E-state index contributed by atoms with van der Waals surface area (Å²) in [5, 5.41) is 9.11. The van der Waals surface area contributed by atoms with Gasteiger partial charge in [-0.2, -0.15) is 5.26 Å². The number of nitrogens with zero attached hydrogens (tertiary/aromatic N) is 3. The largest absolute Gasteiger partial charge is 0.496 e. The van der Waals surface area contributed by atoms with Crippen LogP contribution in [0.5, 0.6) is 5.75 Å². The Balaban J connectivity index is 1.81. The molecule has 0 unspecified atom stereocenters. The van der Waals surface area contributed by atoms with Crippen molar-refractivity contribution in [1.82, 2.24) is 9.88 Å². The van der Waals surface area contributed by atoms with Gasteiger partial charge in [0.15, 0.2) is 0 Å². The Morgan fingerprint density at radius 1 is 1.23 bits per heavy atom. The highest BCUT2D eigenvalue weighted by molar-refractivity contribution is 5.42.